The molecule has 1 rings (SSSR count). The van der Waals surface area contributed by atoms with E-state index in [2.05, 4.69) is 49.1 Å². The Morgan fingerprint density at radius 2 is 1.83 bits per heavy atom. The maximum atomic E-state index is 8.84. The van der Waals surface area contributed by atoms with Crippen LogP contribution in [-0.2, 0) is 6.42 Å². The molecule has 1 aromatic carbocycles. The van der Waals surface area contributed by atoms with Crippen LogP contribution < -0.4 is 0 Å². The van der Waals surface area contributed by atoms with E-state index in [4.69, 9.17) is 5.26 Å². The van der Waals surface area contributed by atoms with E-state index in [0.29, 0.717) is 5.92 Å². The summed E-state index contributed by atoms with van der Waals surface area (Å²) in [7, 11) is 2.00. The molecule has 0 radical (unpaired) electrons. The van der Waals surface area contributed by atoms with Gasteiger partial charge in [-0.3, -0.25) is 4.90 Å². The van der Waals surface area contributed by atoms with Crippen molar-refractivity contribution in [3.8, 4) is 6.07 Å². The molecule has 0 bridgehead atoms. The van der Waals surface area contributed by atoms with E-state index < -0.39 is 0 Å². The predicted molar refractivity (Wildman–Crippen MR) is 76.6 cm³/mol. The van der Waals surface area contributed by atoms with Crippen molar-refractivity contribution in [3.63, 3.8) is 0 Å². The molecule has 0 saturated carbocycles. The molecule has 0 aromatic heterocycles. The molecule has 0 spiro atoms. The van der Waals surface area contributed by atoms with Crippen LogP contribution in [0.4, 0.5) is 0 Å². The fourth-order valence-electron chi connectivity index (χ4n) is 1.85. The summed E-state index contributed by atoms with van der Waals surface area (Å²) in [4.78, 5) is 2.09. The van der Waals surface area contributed by atoms with E-state index in [1.54, 1.807) is 0 Å². The Labute approximate surface area is 111 Å². The van der Waals surface area contributed by atoms with E-state index >= 15 is 0 Å². The Balaban J connectivity index is 2.52. The third-order valence-corrected chi connectivity index (χ3v) is 3.76. The first-order valence-corrected chi connectivity index (χ1v) is 6.77. The average molecular weight is 244 g/mol. The van der Waals surface area contributed by atoms with Gasteiger partial charge < -0.3 is 0 Å². The highest BCUT2D eigenvalue weighted by Gasteiger charge is 2.07. The van der Waals surface area contributed by atoms with E-state index in [9.17, 15) is 0 Å². The van der Waals surface area contributed by atoms with Crippen LogP contribution in [0.2, 0.25) is 0 Å². The van der Waals surface area contributed by atoms with Crippen LogP contribution in [0.1, 0.15) is 44.2 Å². The number of nitriles is 1. The zero-order chi connectivity index (χ0) is 13.5. The smallest absolute Gasteiger partial charge is 0.0946 e. The van der Waals surface area contributed by atoms with Crippen molar-refractivity contribution in [2.24, 2.45) is 0 Å². The van der Waals surface area contributed by atoms with Crippen LogP contribution in [-0.4, -0.2) is 24.5 Å². The van der Waals surface area contributed by atoms with Crippen molar-refractivity contribution < 1.29 is 0 Å². The molecule has 0 N–H and O–H groups in total. The molecular weight excluding hydrogens is 220 g/mol. The van der Waals surface area contributed by atoms with Gasteiger partial charge in [0.1, 0.15) is 0 Å². The zero-order valence-corrected chi connectivity index (χ0v) is 12.0. The van der Waals surface area contributed by atoms with Gasteiger partial charge in [-0.25, -0.2) is 0 Å². The second-order valence-corrected chi connectivity index (χ2v) is 5.09. The molecule has 1 aromatic rings. The van der Waals surface area contributed by atoms with E-state index in [1.165, 1.54) is 17.5 Å². The molecule has 2 atom stereocenters. The molecule has 18 heavy (non-hydrogen) atoms. The lowest BCUT2D eigenvalue weighted by molar-refractivity contribution is 0.306. The van der Waals surface area contributed by atoms with Gasteiger partial charge in [0.15, 0.2) is 0 Å². The van der Waals surface area contributed by atoms with Gasteiger partial charge in [-0.15, -0.1) is 0 Å². The topological polar surface area (TPSA) is 27.0 Å². The minimum Gasteiger partial charge on any atom is -0.291 e. The molecule has 2 unspecified atom stereocenters. The number of benzene rings is 1. The summed E-state index contributed by atoms with van der Waals surface area (Å²) >= 11 is 0. The predicted octanol–water partition coefficient (Wildman–Crippen LogP) is 3.59. The first kappa shape index (κ1) is 14.7. The second kappa shape index (κ2) is 7.18. The quantitative estimate of drug-likeness (QED) is 0.764. The van der Waals surface area contributed by atoms with Gasteiger partial charge in [-0.1, -0.05) is 38.1 Å². The van der Waals surface area contributed by atoms with Gasteiger partial charge in [0.2, 0.25) is 0 Å². The minimum atomic E-state index is -0.00983. The summed E-state index contributed by atoms with van der Waals surface area (Å²) in [6.07, 6.45) is 2.19. The fraction of sp³-hybridized carbons (Fsp3) is 0.562. The summed E-state index contributed by atoms with van der Waals surface area (Å²) in [6, 6.07) is 11.1. The standard InChI is InChI=1S/C16H24N2/c1-5-13(2)16-8-6-15(7-9-16)10-11-18(4)14(3)12-17/h6-9,13-14H,5,10-11H2,1-4H3. The highest BCUT2D eigenvalue weighted by Crippen LogP contribution is 2.19. The van der Waals surface area contributed by atoms with Gasteiger partial charge in [0.05, 0.1) is 12.1 Å². The first-order valence-electron chi connectivity index (χ1n) is 6.77. The molecule has 0 aliphatic heterocycles. The number of hydrogen-bond donors (Lipinski definition) is 0. The molecule has 0 amide bonds. The number of rotatable bonds is 6. The SMILES string of the molecule is CCC(C)c1ccc(CCN(C)C(C)C#N)cc1. The summed E-state index contributed by atoms with van der Waals surface area (Å²) in [5.74, 6) is 0.639. The minimum absolute atomic E-state index is 0.00983. The van der Waals surface area contributed by atoms with E-state index in [-0.39, 0.29) is 6.04 Å². The van der Waals surface area contributed by atoms with Gasteiger partial charge >= 0.3 is 0 Å². The summed E-state index contributed by atoms with van der Waals surface area (Å²) in [5.41, 5.74) is 2.76. The maximum absolute atomic E-state index is 8.84. The highest BCUT2D eigenvalue weighted by molar-refractivity contribution is 5.25. The summed E-state index contributed by atoms with van der Waals surface area (Å²) < 4.78 is 0. The average Bonchev–Trinajstić information content (AvgIpc) is 2.43. The Morgan fingerprint density at radius 3 is 2.33 bits per heavy atom. The zero-order valence-electron chi connectivity index (χ0n) is 12.0. The molecule has 98 valence electrons. The van der Waals surface area contributed by atoms with E-state index in [0.717, 1.165) is 13.0 Å². The Bertz CT molecular complexity index is 389. The van der Waals surface area contributed by atoms with Crippen molar-refractivity contribution in [3.05, 3.63) is 35.4 Å². The number of likely N-dealkylation sites (N-methyl/N-ethyl adjacent to an activating group) is 1. The van der Waals surface area contributed by atoms with Gasteiger partial charge in [-0.2, -0.15) is 5.26 Å². The Hall–Kier alpha value is -1.33. The summed E-state index contributed by atoms with van der Waals surface area (Å²) in [5, 5.41) is 8.84. The number of hydrogen-bond acceptors (Lipinski definition) is 2. The van der Waals surface area contributed by atoms with Gasteiger partial charge in [0.25, 0.3) is 0 Å². The van der Waals surface area contributed by atoms with Crippen molar-refractivity contribution in [1.82, 2.24) is 4.90 Å². The first-order chi connectivity index (χ1) is 8.58. The van der Waals surface area contributed by atoms with Crippen molar-refractivity contribution in [2.45, 2.75) is 45.6 Å². The third kappa shape index (κ3) is 4.16. The van der Waals surface area contributed by atoms with Crippen molar-refractivity contribution in [2.75, 3.05) is 13.6 Å². The molecule has 0 fully saturated rings. The van der Waals surface area contributed by atoms with Crippen LogP contribution in [0, 0.1) is 11.3 Å². The molecule has 0 aliphatic carbocycles. The highest BCUT2D eigenvalue weighted by atomic mass is 15.1. The van der Waals surface area contributed by atoms with E-state index in [1.807, 2.05) is 14.0 Å². The Kier molecular flexibility index (Phi) is 5.88. The molecule has 0 saturated heterocycles. The largest absolute Gasteiger partial charge is 0.291 e. The van der Waals surface area contributed by atoms with Crippen LogP contribution in [0.15, 0.2) is 24.3 Å². The monoisotopic (exact) mass is 244 g/mol. The normalized spacial score (nSPS) is 14.2. The molecule has 0 heterocycles. The van der Waals surface area contributed by atoms with Crippen molar-refractivity contribution in [1.29, 1.82) is 5.26 Å². The molecule has 2 heteroatoms. The molecular formula is C16H24N2. The van der Waals surface area contributed by atoms with Crippen LogP contribution in [0.25, 0.3) is 0 Å². The Morgan fingerprint density at radius 1 is 1.22 bits per heavy atom. The fourth-order valence-corrected chi connectivity index (χ4v) is 1.85. The van der Waals surface area contributed by atoms with Crippen molar-refractivity contribution >= 4 is 0 Å². The van der Waals surface area contributed by atoms with Gasteiger partial charge in [0, 0.05) is 6.54 Å². The molecule has 2 nitrogen and oxygen atoms in total. The summed E-state index contributed by atoms with van der Waals surface area (Å²) in [6.45, 7) is 7.34. The van der Waals surface area contributed by atoms with Gasteiger partial charge in [-0.05, 0) is 43.9 Å². The molecule has 0 aliphatic rings. The lowest BCUT2D eigenvalue weighted by atomic mass is 9.97. The van der Waals surface area contributed by atoms with Crippen LogP contribution >= 0.6 is 0 Å². The second-order valence-electron chi connectivity index (χ2n) is 5.09. The maximum Gasteiger partial charge on any atom is 0.0946 e. The number of nitrogens with zero attached hydrogens (tertiary/aromatic N) is 2. The van der Waals surface area contributed by atoms with Crippen LogP contribution in [0.3, 0.4) is 0 Å². The third-order valence-electron chi connectivity index (χ3n) is 3.76. The lowest BCUT2D eigenvalue weighted by Gasteiger charge is -2.18. The lowest BCUT2D eigenvalue weighted by Crippen LogP contribution is -2.29. The van der Waals surface area contributed by atoms with Crippen LogP contribution in [0.5, 0.6) is 0 Å².